The van der Waals surface area contributed by atoms with Crippen LogP contribution in [0.3, 0.4) is 0 Å². The second-order valence-corrected chi connectivity index (χ2v) is 15.6. The molecule has 0 saturated carbocycles. The van der Waals surface area contributed by atoms with Gasteiger partial charge in [-0.3, -0.25) is 0 Å². The molecule has 62 heavy (non-hydrogen) atoms. The number of aromatic nitrogens is 5. The summed E-state index contributed by atoms with van der Waals surface area (Å²) in [6.07, 6.45) is 0. The van der Waals surface area contributed by atoms with Gasteiger partial charge in [0.15, 0.2) is 23.3 Å². The maximum absolute atomic E-state index is 6.69. The van der Waals surface area contributed by atoms with E-state index in [1.165, 1.54) is 5.56 Å². The Morgan fingerprint density at radius 1 is 0.274 bits per heavy atom. The van der Waals surface area contributed by atoms with Crippen molar-refractivity contribution < 1.29 is 4.74 Å². The fraction of sp³-hybridized carbons (Fsp3) is 0.0179. The average Bonchev–Trinajstić information content (AvgIpc) is 3.64. The van der Waals surface area contributed by atoms with E-state index in [4.69, 9.17) is 29.7 Å². The van der Waals surface area contributed by atoms with Crippen LogP contribution in [0.15, 0.2) is 212 Å². The molecule has 2 aliphatic rings. The van der Waals surface area contributed by atoms with Gasteiger partial charge >= 0.3 is 0 Å². The first-order chi connectivity index (χ1) is 30.7. The van der Waals surface area contributed by atoms with Crippen molar-refractivity contribution in [2.45, 2.75) is 5.41 Å². The van der Waals surface area contributed by atoms with Crippen LogP contribution in [0.1, 0.15) is 22.3 Å². The summed E-state index contributed by atoms with van der Waals surface area (Å²) >= 11 is 0. The van der Waals surface area contributed by atoms with E-state index in [9.17, 15) is 0 Å². The van der Waals surface area contributed by atoms with Gasteiger partial charge in [-0.2, -0.15) is 0 Å². The quantitative estimate of drug-likeness (QED) is 0.167. The van der Waals surface area contributed by atoms with Crippen LogP contribution in [0.2, 0.25) is 0 Å². The summed E-state index contributed by atoms with van der Waals surface area (Å²) in [4.78, 5) is 25.6. The van der Waals surface area contributed by atoms with Crippen molar-refractivity contribution in [2.24, 2.45) is 0 Å². The van der Waals surface area contributed by atoms with Gasteiger partial charge in [-0.1, -0.05) is 182 Å². The van der Waals surface area contributed by atoms with Crippen LogP contribution in [0, 0.1) is 0 Å². The molecular weight excluding hydrogens is 759 g/mol. The van der Waals surface area contributed by atoms with E-state index in [0.29, 0.717) is 23.3 Å². The van der Waals surface area contributed by atoms with E-state index < -0.39 is 5.41 Å². The molecule has 8 aromatic carbocycles. The molecule has 0 saturated heterocycles. The van der Waals surface area contributed by atoms with Gasteiger partial charge in [0.1, 0.15) is 11.5 Å². The van der Waals surface area contributed by atoms with Crippen LogP contribution in [0.4, 0.5) is 0 Å². The van der Waals surface area contributed by atoms with E-state index >= 15 is 0 Å². The fourth-order valence-electron chi connectivity index (χ4n) is 9.21. The summed E-state index contributed by atoms with van der Waals surface area (Å²) < 4.78 is 6.69. The van der Waals surface area contributed by atoms with E-state index in [1.54, 1.807) is 0 Å². The largest absolute Gasteiger partial charge is 0.457 e. The van der Waals surface area contributed by atoms with Crippen LogP contribution >= 0.6 is 0 Å². The highest BCUT2D eigenvalue weighted by Crippen LogP contribution is 2.62. The van der Waals surface area contributed by atoms with Gasteiger partial charge in [-0.25, -0.2) is 24.9 Å². The molecule has 0 fully saturated rings. The first-order valence-corrected chi connectivity index (χ1v) is 20.7. The molecule has 0 unspecified atom stereocenters. The lowest BCUT2D eigenvalue weighted by Crippen LogP contribution is -2.32. The Labute approximate surface area is 359 Å². The molecule has 290 valence electrons. The van der Waals surface area contributed by atoms with E-state index in [0.717, 1.165) is 84.1 Å². The topological polar surface area (TPSA) is 73.7 Å². The molecule has 10 aromatic rings. The molecule has 0 N–H and O–H groups in total. The summed E-state index contributed by atoms with van der Waals surface area (Å²) in [6.45, 7) is 0. The molecule has 6 heteroatoms. The molecule has 1 aliphatic heterocycles. The van der Waals surface area contributed by atoms with Gasteiger partial charge in [-0.15, -0.1) is 0 Å². The smallest absolute Gasteiger partial charge is 0.164 e. The lowest BCUT2D eigenvalue weighted by Gasteiger charge is -2.39. The molecule has 1 spiro atoms. The third-order valence-corrected chi connectivity index (χ3v) is 12.0. The Morgan fingerprint density at radius 2 is 0.710 bits per heavy atom. The number of ether oxygens (including phenoxy) is 1. The number of fused-ring (bicyclic) bond motifs is 9. The Morgan fingerprint density at radius 3 is 1.26 bits per heavy atom. The van der Waals surface area contributed by atoms with Gasteiger partial charge in [0.25, 0.3) is 0 Å². The number of hydrogen-bond donors (Lipinski definition) is 0. The highest BCUT2D eigenvalue weighted by Gasteiger charge is 2.51. The Balaban J connectivity index is 1.10. The summed E-state index contributed by atoms with van der Waals surface area (Å²) in [5.41, 5.74) is 13.4. The zero-order chi connectivity index (χ0) is 41.0. The molecule has 0 amide bonds. The lowest BCUT2D eigenvalue weighted by atomic mass is 9.66. The molecule has 2 aromatic heterocycles. The number of para-hydroxylation sites is 2. The SMILES string of the molecule is c1ccc(-c2cc(-c3ccc4c(c3)-c3ccc(-c5nc(-c6ccccc6)nc(-c6ccccc6)n5)cc3C43c4ccccc4Oc4ccccc43)nc(-c3ccccc3)n2)cc1. The first-order valence-electron chi connectivity index (χ1n) is 20.7. The zero-order valence-corrected chi connectivity index (χ0v) is 33.4. The highest BCUT2D eigenvalue weighted by molar-refractivity contribution is 5.92. The third-order valence-electron chi connectivity index (χ3n) is 12.0. The van der Waals surface area contributed by atoms with Crippen molar-refractivity contribution >= 4 is 0 Å². The van der Waals surface area contributed by atoms with Crippen molar-refractivity contribution in [1.29, 1.82) is 0 Å². The van der Waals surface area contributed by atoms with Crippen molar-refractivity contribution in [1.82, 2.24) is 24.9 Å². The van der Waals surface area contributed by atoms with Crippen LogP contribution in [0.25, 0.3) is 79.2 Å². The van der Waals surface area contributed by atoms with Gasteiger partial charge in [0.05, 0.1) is 16.8 Å². The highest BCUT2D eigenvalue weighted by atomic mass is 16.5. The van der Waals surface area contributed by atoms with Crippen LogP contribution < -0.4 is 4.74 Å². The van der Waals surface area contributed by atoms with Crippen molar-refractivity contribution in [3.63, 3.8) is 0 Å². The maximum atomic E-state index is 6.69. The summed E-state index contributed by atoms with van der Waals surface area (Å²) in [6, 6.07) is 73.2. The average molecular weight is 794 g/mol. The predicted molar refractivity (Wildman–Crippen MR) is 245 cm³/mol. The number of nitrogens with zero attached hydrogens (tertiary/aromatic N) is 5. The normalized spacial score (nSPS) is 12.8. The monoisotopic (exact) mass is 793 g/mol. The predicted octanol–water partition coefficient (Wildman–Crippen LogP) is 13.1. The van der Waals surface area contributed by atoms with Crippen LogP contribution in [0.5, 0.6) is 11.5 Å². The van der Waals surface area contributed by atoms with Crippen molar-refractivity contribution in [2.75, 3.05) is 0 Å². The lowest BCUT2D eigenvalue weighted by molar-refractivity contribution is 0.436. The van der Waals surface area contributed by atoms with E-state index in [2.05, 4.69) is 103 Å². The molecular formula is C56H35N5O. The molecule has 1 aliphatic carbocycles. The van der Waals surface area contributed by atoms with Crippen molar-refractivity contribution in [3.8, 4) is 90.7 Å². The maximum Gasteiger partial charge on any atom is 0.164 e. The number of hydrogen-bond acceptors (Lipinski definition) is 6. The Bertz CT molecular complexity index is 3160. The minimum Gasteiger partial charge on any atom is -0.457 e. The summed E-state index contributed by atoms with van der Waals surface area (Å²) in [5, 5.41) is 0. The Kier molecular flexibility index (Phi) is 8.28. The third kappa shape index (κ3) is 5.76. The minimum absolute atomic E-state index is 0.601. The second-order valence-electron chi connectivity index (χ2n) is 15.6. The van der Waals surface area contributed by atoms with Crippen LogP contribution in [-0.2, 0) is 5.41 Å². The Hall–Kier alpha value is -8.35. The minimum atomic E-state index is -0.710. The summed E-state index contributed by atoms with van der Waals surface area (Å²) in [7, 11) is 0. The fourth-order valence-corrected chi connectivity index (χ4v) is 9.21. The van der Waals surface area contributed by atoms with E-state index in [-0.39, 0.29) is 0 Å². The molecule has 12 rings (SSSR count). The zero-order valence-electron chi connectivity index (χ0n) is 33.4. The summed E-state index contributed by atoms with van der Waals surface area (Å²) in [5.74, 6) is 4.17. The molecule has 0 radical (unpaired) electrons. The molecule has 0 atom stereocenters. The van der Waals surface area contributed by atoms with Gasteiger partial charge in [0.2, 0.25) is 0 Å². The van der Waals surface area contributed by atoms with Gasteiger partial charge < -0.3 is 4.74 Å². The first kappa shape index (κ1) is 35.6. The van der Waals surface area contributed by atoms with Crippen LogP contribution in [-0.4, -0.2) is 24.9 Å². The number of benzene rings is 8. The van der Waals surface area contributed by atoms with Crippen molar-refractivity contribution in [3.05, 3.63) is 235 Å². The standard InChI is InChI=1S/C56H35N5O/c1-5-17-36(18-6-1)48-35-49(58-52(57-48)37-19-7-2-8-20-37)40-30-32-44-43(33-40)42-31-29-41(34-47(42)56(44)45-25-13-15-27-50(45)62-51-28-16-14-26-46(51)56)55-60-53(38-21-9-3-10-22-38)59-54(61-55)39-23-11-4-12-24-39/h1-35H. The molecule has 6 nitrogen and oxygen atoms in total. The van der Waals surface area contributed by atoms with Gasteiger partial charge in [0, 0.05) is 44.5 Å². The molecule has 3 heterocycles. The number of rotatable bonds is 6. The van der Waals surface area contributed by atoms with E-state index in [1.807, 2.05) is 109 Å². The molecule has 0 bridgehead atoms. The second kappa shape index (κ2) is 14.4. The van der Waals surface area contributed by atoms with Gasteiger partial charge in [-0.05, 0) is 52.6 Å².